The molecule has 0 radical (unpaired) electrons. The molecule has 1 rings (SSSR count). The second-order valence-electron chi connectivity index (χ2n) is 7.76. The van der Waals surface area contributed by atoms with Gasteiger partial charge in [-0.05, 0) is 64.3 Å². The first-order valence-electron chi connectivity index (χ1n) is 8.62. The number of hydrogen-bond acceptors (Lipinski definition) is 3. The number of hydrogen-bond donors (Lipinski definition) is 1. The molecule has 4 heteroatoms. The van der Waals surface area contributed by atoms with Gasteiger partial charge in [0.1, 0.15) is 9.84 Å². The van der Waals surface area contributed by atoms with Gasteiger partial charge in [0.25, 0.3) is 0 Å². The molecule has 0 aromatic carbocycles. The zero-order valence-corrected chi connectivity index (χ0v) is 15.4. The van der Waals surface area contributed by atoms with Crippen molar-refractivity contribution in [3.63, 3.8) is 0 Å². The molecule has 1 aliphatic carbocycles. The molecular weight excluding hydrogens is 282 g/mol. The van der Waals surface area contributed by atoms with E-state index in [1.165, 1.54) is 25.7 Å². The highest BCUT2D eigenvalue weighted by atomic mass is 32.2. The van der Waals surface area contributed by atoms with E-state index in [1.807, 2.05) is 0 Å². The highest BCUT2D eigenvalue weighted by Crippen LogP contribution is 2.37. The second kappa shape index (κ2) is 7.96. The molecule has 0 amide bonds. The molecule has 3 nitrogen and oxygen atoms in total. The minimum atomic E-state index is -2.83. The molecule has 0 bridgehead atoms. The van der Waals surface area contributed by atoms with Crippen molar-refractivity contribution >= 4 is 9.84 Å². The molecule has 0 aromatic heterocycles. The van der Waals surface area contributed by atoms with Crippen LogP contribution >= 0.6 is 0 Å². The van der Waals surface area contributed by atoms with Gasteiger partial charge in [0.05, 0.1) is 5.75 Å². The van der Waals surface area contributed by atoms with Crippen molar-refractivity contribution < 1.29 is 8.42 Å². The van der Waals surface area contributed by atoms with Gasteiger partial charge in [-0.1, -0.05) is 26.7 Å². The molecule has 0 aliphatic heterocycles. The predicted octanol–water partition coefficient (Wildman–Crippen LogP) is 3.64. The van der Waals surface area contributed by atoms with E-state index in [0.717, 1.165) is 18.9 Å². The molecule has 1 fully saturated rings. The van der Waals surface area contributed by atoms with Crippen LogP contribution in [0.5, 0.6) is 0 Å². The van der Waals surface area contributed by atoms with Gasteiger partial charge in [0, 0.05) is 11.3 Å². The summed E-state index contributed by atoms with van der Waals surface area (Å²) >= 11 is 0. The molecule has 0 aromatic rings. The van der Waals surface area contributed by atoms with E-state index in [4.69, 9.17) is 0 Å². The molecule has 1 aliphatic rings. The molecule has 0 heterocycles. The predicted molar refractivity (Wildman–Crippen MR) is 91.3 cm³/mol. The summed E-state index contributed by atoms with van der Waals surface area (Å²) in [4.78, 5) is 0. The van der Waals surface area contributed by atoms with Gasteiger partial charge in [0.15, 0.2) is 0 Å². The van der Waals surface area contributed by atoms with Crippen LogP contribution in [-0.2, 0) is 9.84 Å². The van der Waals surface area contributed by atoms with Crippen LogP contribution in [-0.4, -0.2) is 32.0 Å². The topological polar surface area (TPSA) is 46.2 Å². The molecule has 21 heavy (non-hydrogen) atoms. The molecule has 1 N–H and O–H groups in total. The van der Waals surface area contributed by atoms with Crippen LogP contribution in [0, 0.1) is 17.8 Å². The molecule has 0 spiro atoms. The lowest BCUT2D eigenvalue weighted by molar-refractivity contribution is 0.160. The lowest BCUT2D eigenvalue weighted by atomic mass is 9.72. The van der Waals surface area contributed by atoms with Gasteiger partial charge in [-0.3, -0.25) is 0 Å². The summed E-state index contributed by atoms with van der Waals surface area (Å²) in [5.74, 6) is 2.66. The fraction of sp³-hybridized carbons (Fsp3) is 1.00. The number of sulfone groups is 1. The zero-order valence-electron chi connectivity index (χ0n) is 14.6. The SMILES string of the molecule is CCC1CCC(CNC(C)(C)C)C(CCS(=O)(=O)CC)C1. The smallest absolute Gasteiger partial charge is 0.150 e. The van der Waals surface area contributed by atoms with Crippen molar-refractivity contribution in [2.75, 3.05) is 18.1 Å². The third-order valence-corrected chi connectivity index (χ3v) is 6.70. The van der Waals surface area contributed by atoms with E-state index in [0.29, 0.717) is 17.6 Å². The third kappa shape index (κ3) is 7.14. The summed E-state index contributed by atoms with van der Waals surface area (Å²) in [7, 11) is -2.83. The number of rotatable bonds is 7. The summed E-state index contributed by atoms with van der Waals surface area (Å²) in [6.45, 7) is 11.6. The first-order chi connectivity index (χ1) is 9.67. The Kier molecular flexibility index (Phi) is 7.18. The lowest BCUT2D eigenvalue weighted by Crippen LogP contribution is -2.42. The quantitative estimate of drug-likeness (QED) is 0.780. The van der Waals surface area contributed by atoms with Crippen LogP contribution in [0.4, 0.5) is 0 Å². The Morgan fingerprint density at radius 2 is 1.76 bits per heavy atom. The van der Waals surface area contributed by atoms with Crippen molar-refractivity contribution in [2.24, 2.45) is 17.8 Å². The Hall–Kier alpha value is -0.0900. The van der Waals surface area contributed by atoms with Crippen LogP contribution in [0.2, 0.25) is 0 Å². The van der Waals surface area contributed by atoms with Gasteiger partial charge in [-0.25, -0.2) is 8.42 Å². The average Bonchev–Trinajstić information content (AvgIpc) is 2.42. The number of nitrogens with one attached hydrogen (secondary N) is 1. The monoisotopic (exact) mass is 317 g/mol. The van der Waals surface area contributed by atoms with Crippen LogP contribution in [0.1, 0.15) is 66.7 Å². The third-order valence-electron chi connectivity index (χ3n) is 4.96. The van der Waals surface area contributed by atoms with Crippen LogP contribution in [0.25, 0.3) is 0 Å². The maximum absolute atomic E-state index is 11.8. The lowest BCUT2D eigenvalue weighted by Gasteiger charge is -2.37. The van der Waals surface area contributed by atoms with Crippen molar-refractivity contribution in [3.8, 4) is 0 Å². The van der Waals surface area contributed by atoms with Crippen LogP contribution in [0.3, 0.4) is 0 Å². The Morgan fingerprint density at radius 3 is 2.29 bits per heavy atom. The second-order valence-corrected chi connectivity index (χ2v) is 10.2. The van der Waals surface area contributed by atoms with Gasteiger partial charge >= 0.3 is 0 Å². The Bertz CT molecular complexity index is 398. The maximum atomic E-state index is 11.8. The van der Waals surface area contributed by atoms with Crippen molar-refractivity contribution in [1.82, 2.24) is 5.32 Å². The summed E-state index contributed by atoms with van der Waals surface area (Å²) in [5, 5.41) is 3.62. The molecule has 3 atom stereocenters. The Morgan fingerprint density at radius 1 is 1.10 bits per heavy atom. The normalized spacial score (nSPS) is 27.8. The zero-order chi connectivity index (χ0) is 16.1. The molecular formula is C17H35NO2S. The highest BCUT2D eigenvalue weighted by molar-refractivity contribution is 7.91. The van der Waals surface area contributed by atoms with Crippen LogP contribution in [0.15, 0.2) is 0 Å². The summed E-state index contributed by atoms with van der Waals surface area (Å²) in [5.41, 5.74) is 0.141. The summed E-state index contributed by atoms with van der Waals surface area (Å²) in [6.07, 6.45) is 5.86. The van der Waals surface area contributed by atoms with Crippen molar-refractivity contribution in [1.29, 1.82) is 0 Å². The van der Waals surface area contributed by atoms with Crippen molar-refractivity contribution in [2.45, 2.75) is 72.3 Å². The van der Waals surface area contributed by atoms with E-state index in [2.05, 4.69) is 33.0 Å². The average molecular weight is 318 g/mol. The Balaban J connectivity index is 2.61. The fourth-order valence-corrected chi connectivity index (χ4v) is 4.28. The van der Waals surface area contributed by atoms with Gasteiger partial charge < -0.3 is 5.32 Å². The Labute approximate surface area is 132 Å². The largest absolute Gasteiger partial charge is 0.312 e. The standard InChI is InChI=1S/C17H35NO2S/c1-6-14-8-9-16(13-18-17(3,4)5)15(12-14)10-11-21(19,20)7-2/h14-16,18H,6-13H2,1-5H3. The van der Waals surface area contributed by atoms with E-state index < -0.39 is 9.84 Å². The molecule has 0 saturated heterocycles. The van der Waals surface area contributed by atoms with Gasteiger partial charge in [0.2, 0.25) is 0 Å². The van der Waals surface area contributed by atoms with Crippen LogP contribution < -0.4 is 5.32 Å². The van der Waals surface area contributed by atoms with E-state index in [-0.39, 0.29) is 11.3 Å². The van der Waals surface area contributed by atoms with Gasteiger partial charge in [-0.15, -0.1) is 0 Å². The molecule has 126 valence electrons. The minimum Gasteiger partial charge on any atom is -0.312 e. The van der Waals surface area contributed by atoms with E-state index in [1.54, 1.807) is 6.92 Å². The summed E-state index contributed by atoms with van der Waals surface area (Å²) < 4.78 is 23.6. The maximum Gasteiger partial charge on any atom is 0.150 e. The first kappa shape index (κ1) is 19.0. The van der Waals surface area contributed by atoms with E-state index >= 15 is 0 Å². The minimum absolute atomic E-state index is 0.141. The molecule has 3 unspecified atom stereocenters. The van der Waals surface area contributed by atoms with E-state index in [9.17, 15) is 8.42 Å². The van der Waals surface area contributed by atoms with Gasteiger partial charge in [-0.2, -0.15) is 0 Å². The summed E-state index contributed by atoms with van der Waals surface area (Å²) in [6, 6.07) is 0. The van der Waals surface area contributed by atoms with Crippen molar-refractivity contribution in [3.05, 3.63) is 0 Å². The fourth-order valence-electron chi connectivity index (χ4n) is 3.33. The highest BCUT2D eigenvalue weighted by Gasteiger charge is 2.31. The molecule has 1 saturated carbocycles. The first-order valence-corrected chi connectivity index (χ1v) is 10.4.